The monoisotopic (exact) mass is 650 g/mol. The number of hydrogen-bond acceptors (Lipinski definition) is 7. The van der Waals surface area contributed by atoms with Gasteiger partial charge in [0, 0.05) is 22.2 Å². The number of halogens is 2. The molecule has 1 fully saturated rings. The molecule has 1 saturated heterocycles. The molecule has 1 aliphatic heterocycles. The number of nitro groups is 1. The van der Waals surface area contributed by atoms with Crippen LogP contribution in [0.25, 0.3) is 6.08 Å². The predicted molar refractivity (Wildman–Crippen MR) is 151 cm³/mol. The van der Waals surface area contributed by atoms with Crippen LogP contribution >= 0.6 is 46.0 Å². The highest BCUT2D eigenvalue weighted by Crippen LogP contribution is 2.39. The molecule has 0 saturated carbocycles. The molecule has 0 aromatic heterocycles. The minimum Gasteiger partial charge on any atom is -0.490 e. The highest BCUT2D eigenvalue weighted by Gasteiger charge is 2.36. The Kier molecular flexibility index (Phi) is 8.72. The minimum absolute atomic E-state index is 0.145. The van der Waals surface area contributed by atoms with E-state index < -0.39 is 16.1 Å². The lowest BCUT2D eigenvalue weighted by Gasteiger charge is -2.15. The molecule has 2 amide bonds. The first kappa shape index (κ1) is 27.0. The average molecular weight is 651 g/mol. The number of benzene rings is 3. The molecule has 37 heavy (non-hydrogen) atoms. The first-order valence-corrected chi connectivity index (χ1v) is 13.4. The largest absolute Gasteiger partial charge is 0.490 e. The molecule has 0 radical (unpaired) electrons. The van der Waals surface area contributed by atoms with Gasteiger partial charge in [-0.25, -0.2) is 0 Å². The van der Waals surface area contributed by atoms with Crippen molar-refractivity contribution in [3.8, 4) is 11.5 Å². The summed E-state index contributed by atoms with van der Waals surface area (Å²) in [6, 6.07) is 17.0. The minimum atomic E-state index is -0.531. The zero-order valence-electron chi connectivity index (χ0n) is 19.5. The molecule has 0 unspecified atom stereocenters. The maximum atomic E-state index is 13.0. The fourth-order valence-corrected chi connectivity index (χ4v) is 5.43. The fourth-order valence-electron chi connectivity index (χ4n) is 3.62. The van der Waals surface area contributed by atoms with Crippen LogP contribution in [0.4, 0.5) is 10.5 Å². The van der Waals surface area contributed by atoms with Crippen molar-refractivity contribution in [2.45, 2.75) is 20.1 Å². The van der Waals surface area contributed by atoms with E-state index >= 15 is 0 Å². The molecule has 0 bridgehead atoms. The first-order chi connectivity index (χ1) is 17.8. The molecule has 0 N–H and O–H groups in total. The summed E-state index contributed by atoms with van der Waals surface area (Å²) in [7, 11) is 0. The topological polar surface area (TPSA) is 99.0 Å². The molecule has 8 nitrogen and oxygen atoms in total. The summed E-state index contributed by atoms with van der Waals surface area (Å²) >= 11 is 9.16. The number of rotatable bonds is 9. The zero-order valence-corrected chi connectivity index (χ0v) is 23.2. The lowest BCUT2D eigenvalue weighted by molar-refractivity contribution is -0.385. The number of amides is 2. The van der Waals surface area contributed by atoms with Crippen LogP contribution in [0.1, 0.15) is 23.6 Å². The SMILES string of the molecule is CCOc1cc(/C=C2\SC(=O)N(Cc3ccccc3[N+](=O)[O-])C2=O)cc(I)c1OCc1ccccc1Cl. The second-order valence-corrected chi connectivity index (χ2v) is 10.4. The number of thioether (sulfide) groups is 1. The van der Waals surface area contributed by atoms with E-state index in [0.717, 1.165) is 25.8 Å². The molecule has 4 rings (SSSR count). The zero-order chi connectivity index (χ0) is 26.5. The fraction of sp³-hybridized carbons (Fsp3) is 0.154. The van der Waals surface area contributed by atoms with Crippen molar-refractivity contribution in [2.24, 2.45) is 0 Å². The molecule has 190 valence electrons. The number of ether oxygens (including phenoxy) is 2. The summed E-state index contributed by atoms with van der Waals surface area (Å²) in [4.78, 5) is 37.7. The van der Waals surface area contributed by atoms with Crippen LogP contribution in [0.2, 0.25) is 5.02 Å². The third kappa shape index (κ3) is 6.25. The van der Waals surface area contributed by atoms with Gasteiger partial charge in [-0.1, -0.05) is 48.0 Å². The summed E-state index contributed by atoms with van der Waals surface area (Å²) in [5.74, 6) is 0.524. The summed E-state index contributed by atoms with van der Waals surface area (Å²) < 4.78 is 12.6. The van der Waals surface area contributed by atoms with Gasteiger partial charge in [-0.15, -0.1) is 0 Å². The third-order valence-corrected chi connectivity index (χ3v) is 7.43. The Bertz CT molecular complexity index is 1410. The maximum Gasteiger partial charge on any atom is 0.293 e. The maximum absolute atomic E-state index is 13.0. The standard InChI is InChI=1S/C26H20ClIN2O6S/c1-2-35-22-12-16(11-20(28)24(22)36-15-18-8-3-5-9-19(18)27)13-23-25(31)29(26(32)37-23)14-17-7-4-6-10-21(17)30(33)34/h3-13H,2,14-15H2,1H3/b23-13-. The van der Waals surface area contributed by atoms with Gasteiger partial charge in [-0.2, -0.15) is 0 Å². The van der Waals surface area contributed by atoms with E-state index in [4.69, 9.17) is 21.1 Å². The molecule has 0 aliphatic carbocycles. The van der Waals surface area contributed by atoms with Crippen molar-refractivity contribution in [1.29, 1.82) is 0 Å². The van der Waals surface area contributed by atoms with Crippen LogP contribution in [0, 0.1) is 13.7 Å². The molecular weight excluding hydrogens is 631 g/mol. The van der Waals surface area contributed by atoms with Gasteiger partial charge < -0.3 is 9.47 Å². The van der Waals surface area contributed by atoms with E-state index in [0.29, 0.717) is 28.7 Å². The van der Waals surface area contributed by atoms with E-state index in [1.807, 2.05) is 31.2 Å². The average Bonchev–Trinajstić information content (AvgIpc) is 3.12. The van der Waals surface area contributed by atoms with Crippen LogP contribution in [0.5, 0.6) is 11.5 Å². The van der Waals surface area contributed by atoms with E-state index in [1.165, 1.54) is 18.2 Å². The van der Waals surface area contributed by atoms with Crippen molar-refractivity contribution < 1.29 is 24.0 Å². The number of nitro benzene ring substituents is 1. The highest BCUT2D eigenvalue weighted by atomic mass is 127. The van der Waals surface area contributed by atoms with Crippen LogP contribution in [0.3, 0.4) is 0 Å². The van der Waals surface area contributed by atoms with Crippen molar-refractivity contribution in [3.63, 3.8) is 0 Å². The van der Waals surface area contributed by atoms with Gasteiger partial charge in [-0.05, 0) is 71.1 Å². The van der Waals surface area contributed by atoms with E-state index in [1.54, 1.807) is 24.3 Å². The summed E-state index contributed by atoms with van der Waals surface area (Å²) in [5, 5.41) is 11.4. The van der Waals surface area contributed by atoms with Crippen molar-refractivity contribution >= 4 is 68.9 Å². The van der Waals surface area contributed by atoms with Gasteiger partial charge in [-0.3, -0.25) is 24.6 Å². The van der Waals surface area contributed by atoms with E-state index in [2.05, 4.69) is 22.6 Å². The Balaban J connectivity index is 1.58. The van der Waals surface area contributed by atoms with Gasteiger partial charge in [0.05, 0.1) is 26.6 Å². The smallest absolute Gasteiger partial charge is 0.293 e. The van der Waals surface area contributed by atoms with Gasteiger partial charge in [0.25, 0.3) is 16.8 Å². The second kappa shape index (κ2) is 12.0. The van der Waals surface area contributed by atoms with Gasteiger partial charge in [0.1, 0.15) is 6.61 Å². The Morgan fingerprint density at radius 1 is 1.08 bits per heavy atom. The number of hydrogen-bond donors (Lipinski definition) is 0. The lowest BCUT2D eigenvalue weighted by Crippen LogP contribution is -2.27. The van der Waals surface area contributed by atoms with Gasteiger partial charge in [0.2, 0.25) is 0 Å². The molecule has 1 aliphatic rings. The molecule has 11 heteroatoms. The van der Waals surface area contributed by atoms with Crippen molar-refractivity contribution in [2.75, 3.05) is 6.61 Å². The Hall–Kier alpha value is -3.09. The summed E-state index contributed by atoms with van der Waals surface area (Å²) in [5.41, 5.74) is 1.62. The Morgan fingerprint density at radius 3 is 2.49 bits per heavy atom. The molecule has 3 aromatic carbocycles. The normalized spacial score (nSPS) is 14.4. The predicted octanol–water partition coefficient (Wildman–Crippen LogP) is 7.07. The number of imide groups is 1. The molecule has 0 atom stereocenters. The Labute approximate surface area is 235 Å². The van der Waals surface area contributed by atoms with E-state index in [9.17, 15) is 19.7 Å². The van der Waals surface area contributed by atoms with Crippen LogP contribution in [0.15, 0.2) is 65.6 Å². The quantitative estimate of drug-likeness (QED) is 0.106. The summed E-state index contributed by atoms with van der Waals surface area (Å²) in [6.07, 6.45) is 1.60. The van der Waals surface area contributed by atoms with Crippen molar-refractivity contribution in [3.05, 3.63) is 101 Å². The van der Waals surface area contributed by atoms with Gasteiger partial charge in [0.15, 0.2) is 11.5 Å². The third-order valence-electron chi connectivity index (χ3n) is 5.35. The highest BCUT2D eigenvalue weighted by molar-refractivity contribution is 14.1. The van der Waals surface area contributed by atoms with Crippen LogP contribution < -0.4 is 9.47 Å². The molecular formula is C26H20ClIN2O6S. The van der Waals surface area contributed by atoms with Crippen molar-refractivity contribution in [1.82, 2.24) is 4.90 Å². The number of carbonyl (C=O) groups is 2. The number of carbonyl (C=O) groups excluding carboxylic acids is 2. The first-order valence-electron chi connectivity index (χ1n) is 11.1. The Morgan fingerprint density at radius 2 is 1.78 bits per heavy atom. The number of para-hydroxylation sites is 1. The second-order valence-electron chi connectivity index (χ2n) is 7.80. The van der Waals surface area contributed by atoms with Gasteiger partial charge >= 0.3 is 0 Å². The number of nitrogens with zero attached hydrogens (tertiary/aromatic N) is 2. The van der Waals surface area contributed by atoms with E-state index in [-0.39, 0.29) is 29.3 Å². The van der Waals surface area contributed by atoms with Crippen LogP contribution in [-0.2, 0) is 17.9 Å². The summed E-state index contributed by atoms with van der Waals surface area (Å²) in [6.45, 7) is 2.31. The molecule has 3 aromatic rings. The van der Waals surface area contributed by atoms with Crippen LogP contribution in [-0.4, -0.2) is 27.6 Å². The lowest BCUT2D eigenvalue weighted by atomic mass is 10.1. The molecule has 0 spiro atoms. The molecule has 1 heterocycles.